The first kappa shape index (κ1) is 15.6. The Labute approximate surface area is 117 Å². The number of carbonyl (C=O) groups is 2. The maximum Gasteiger partial charge on any atom is 0.326 e. The Morgan fingerprint density at radius 2 is 2.16 bits per heavy atom. The van der Waals surface area contributed by atoms with E-state index in [2.05, 4.69) is 5.32 Å². The smallest absolute Gasteiger partial charge is 0.326 e. The zero-order valence-corrected chi connectivity index (χ0v) is 12.0. The quantitative estimate of drug-likeness (QED) is 0.800. The first-order valence-corrected chi connectivity index (χ1v) is 7.49. The van der Waals surface area contributed by atoms with E-state index in [1.54, 1.807) is 11.8 Å². The van der Waals surface area contributed by atoms with Gasteiger partial charge >= 0.3 is 5.97 Å². The lowest BCUT2D eigenvalue weighted by Gasteiger charge is -2.14. The van der Waals surface area contributed by atoms with Gasteiger partial charge in [-0.2, -0.15) is 11.8 Å². The molecular formula is C14H19NO3S. The summed E-state index contributed by atoms with van der Waals surface area (Å²) in [5, 5.41) is 11.6. The molecule has 1 aromatic carbocycles. The van der Waals surface area contributed by atoms with Crippen LogP contribution in [0.4, 0.5) is 0 Å². The molecule has 2 N–H and O–H groups in total. The fourth-order valence-corrected chi connectivity index (χ4v) is 2.22. The summed E-state index contributed by atoms with van der Waals surface area (Å²) < 4.78 is 0. The second-order valence-corrected chi connectivity index (χ2v) is 5.39. The van der Waals surface area contributed by atoms with Crippen molar-refractivity contribution in [3.05, 3.63) is 35.4 Å². The highest BCUT2D eigenvalue weighted by molar-refractivity contribution is 7.98. The van der Waals surface area contributed by atoms with Gasteiger partial charge in [-0.3, -0.25) is 4.79 Å². The molecular weight excluding hydrogens is 262 g/mol. The number of amides is 1. The van der Waals surface area contributed by atoms with Crippen molar-refractivity contribution >= 4 is 23.6 Å². The molecule has 5 heteroatoms. The van der Waals surface area contributed by atoms with E-state index in [1.807, 2.05) is 37.4 Å². The summed E-state index contributed by atoms with van der Waals surface area (Å²) in [7, 11) is 0. The zero-order chi connectivity index (χ0) is 14.3. The molecule has 0 saturated heterocycles. The first-order valence-electron chi connectivity index (χ1n) is 6.09. The predicted molar refractivity (Wildman–Crippen MR) is 77.4 cm³/mol. The molecule has 0 aromatic heterocycles. The van der Waals surface area contributed by atoms with Gasteiger partial charge in [-0.05, 0) is 30.9 Å². The van der Waals surface area contributed by atoms with Crippen molar-refractivity contribution in [2.75, 3.05) is 12.0 Å². The molecule has 0 aliphatic heterocycles. The topological polar surface area (TPSA) is 66.4 Å². The Hall–Kier alpha value is -1.49. The van der Waals surface area contributed by atoms with E-state index in [0.29, 0.717) is 12.2 Å². The lowest BCUT2D eigenvalue weighted by molar-refractivity contribution is -0.141. The number of aliphatic carboxylic acids is 1. The Morgan fingerprint density at radius 3 is 2.74 bits per heavy atom. The van der Waals surface area contributed by atoms with Crippen molar-refractivity contribution in [3.8, 4) is 0 Å². The van der Waals surface area contributed by atoms with E-state index in [9.17, 15) is 9.59 Å². The third-order valence-electron chi connectivity index (χ3n) is 2.69. The second-order valence-electron chi connectivity index (χ2n) is 4.41. The van der Waals surface area contributed by atoms with E-state index in [1.165, 1.54) is 0 Å². The molecule has 104 valence electrons. The van der Waals surface area contributed by atoms with Crippen molar-refractivity contribution in [1.82, 2.24) is 5.32 Å². The van der Waals surface area contributed by atoms with Gasteiger partial charge in [0.05, 0.1) is 6.42 Å². The van der Waals surface area contributed by atoms with Gasteiger partial charge in [-0.15, -0.1) is 0 Å². The van der Waals surface area contributed by atoms with Gasteiger partial charge in [0.2, 0.25) is 5.91 Å². The largest absolute Gasteiger partial charge is 0.480 e. The van der Waals surface area contributed by atoms with Gasteiger partial charge < -0.3 is 10.4 Å². The molecule has 0 aliphatic carbocycles. The van der Waals surface area contributed by atoms with Crippen molar-refractivity contribution in [2.24, 2.45) is 0 Å². The van der Waals surface area contributed by atoms with Crippen LogP contribution in [-0.2, 0) is 16.0 Å². The molecule has 0 spiro atoms. The molecule has 19 heavy (non-hydrogen) atoms. The Kier molecular flexibility index (Phi) is 6.42. The number of carboxylic acids is 1. The average Bonchev–Trinajstić information content (AvgIpc) is 2.34. The third-order valence-corrected chi connectivity index (χ3v) is 3.34. The van der Waals surface area contributed by atoms with Crippen LogP contribution in [0.15, 0.2) is 24.3 Å². The minimum atomic E-state index is -0.980. The predicted octanol–water partition coefficient (Wildman–Crippen LogP) is 1.86. The van der Waals surface area contributed by atoms with Crippen molar-refractivity contribution in [2.45, 2.75) is 25.8 Å². The number of thioether (sulfide) groups is 1. The van der Waals surface area contributed by atoms with Crippen LogP contribution in [-0.4, -0.2) is 35.0 Å². The average molecular weight is 281 g/mol. The highest BCUT2D eigenvalue weighted by atomic mass is 32.2. The van der Waals surface area contributed by atoms with Crippen molar-refractivity contribution in [1.29, 1.82) is 0 Å². The normalized spacial score (nSPS) is 11.9. The number of benzene rings is 1. The molecule has 1 amide bonds. The summed E-state index contributed by atoms with van der Waals surface area (Å²) in [6.07, 6.45) is 2.56. The van der Waals surface area contributed by atoms with Crippen LogP contribution in [0.1, 0.15) is 17.5 Å². The minimum Gasteiger partial charge on any atom is -0.480 e. The van der Waals surface area contributed by atoms with Gasteiger partial charge in [0.1, 0.15) is 6.04 Å². The third kappa shape index (κ3) is 5.79. The Morgan fingerprint density at radius 1 is 1.42 bits per heavy atom. The van der Waals surface area contributed by atoms with Crippen LogP contribution >= 0.6 is 11.8 Å². The molecule has 0 radical (unpaired) electrons. The molecule has 1 rings (SSSR count). The molecule has 1 atom stereocenters. The van der Waals surface area contributed by atoms with Gasteiger partial charge in [0, 0.05) is 0 Å². The number of rotatable bonds is 7. The van der Waals surface area contributed by atoms with Crippen LogP contribution < -0.4 is 5.32 Å². The molecule has 0 saturated carbocycles. The van der Waals surface area contributed by atoms with Crippen LogP contribution in [0.3, 0.4) is 0 Å². The molecule has 0 bridgehead atoms. The van der Waals surface area contributed by atoms with Gasteiger partial charge in [-0.1, -0.05) is 29.8 Å². The number of hydrogen-bond acceptors (Lipinski definition) is 3. The number of nitrogens with one attached hydrogen (secondary N) is 1. The van der Waals surface area contributed by atoms with Crippen LogP contribution in [0.2, 0.25) is 0 Å². The van der Waals surface area contributed by atoms with E-state index in [4.69, 9.17) is 5.11 Å². The van der Waals surface area contributed by atoms with E-state index < -0.39 is 12.0 Å². The van der Waals surface area contributed by atoms with Gasteiger partial charge in [0.15, 0.2) is 0 Å². The molecule has 1 unspecified atom stereocenters. The summed E-state index contributed by atoms with van der Waals surface area (Å²) in [5.74, 6) is -0.521. The van der Waals surface area contributed by atoms with Crippen LogP contribution in [0, 0.1) is 6.92 Å². The Balaban J connectivity index is 2.55. The summed E-state index contributed by atoms with van der Waals surface area (Å²) in [6, 6.07) is 6.84. The van der Waals surface area contributed by atoms with Gasteiger partial charge in [-0.25, -0.2) is 4.79 Å². The number of carbonyl (C=O) groups excluding carboxylic acids is 1. The highest BCUT2D eigenvalue weighted by Crippen LogP contribution is 2.06. The van der Waals surface area contributed by atoms with Crippen LogP contribution in [0.5, 0.6) is 0 Å². The van der Waals surface area contributed by atoms with Crippen molar-refractivity contribution in [3.63, 3.8) is 0 Å². The SMILES string of the molecule is CSCCC(NC(=O)Cc1cccc(C)c1)C(=O)O. The first-order chi connectivity index (χ1) is 9.02. The summed E-state index contributed by atoms with van der Waals surface area (Å²) in [6.45, 7) is 1.96. The number of hydrogen-bond donors (Lipinski definition) is 2. The molecule has 0 fully saturated rings. The lowest BCUT2D eigenvalue weighted by Crippen LogP contribution is -2.41. The second kappa shape index (κ2) is 7.84. The summed E-state index contributed by atoms with van der Waals surface area (Å²) in [4.78, 5) is 22.8. The number of aryl methyl sites for hydroxylation is 1. The summed E-state index contributed by atoms with van der Waals surface area (Å²) >= 11 is 1.57. The minimum absolute atomic E-state index is 0.213. The monoisotopic (exact) mass is 281 g/mol. The highest BCUT2D eigenvalue weighted by Gasteiger charge is 2.19. The van der Waals surface area contributed by atoms with Gasteiger partial charge in [0.25, 0.3) is 0 Å². The zero-order valence-electron chi connectivity index (χ0n) is 11.2. The van der Waals surface area contributed by atoms with Crippen molar-refractivity contribution < 1.29 is 14.7 Å². The van der Waals surface area contributed by atoms with Crippen LogP contribution in [0.25, 0.3) is 0 Å². The standard InChI is InChI=1S/C14H19NO3S/c1-10-4-3-5-11(8-10)9-13(16)15-12(14(17)18)6-7-19-2/h3-5,8,12H,6-7,9H2,1-2H3,(H,15,16)(H,17,18). The molecule has 0 aliphatic rings. The molecule has 0 heterocycles. The summed E-state index contributed by atoms with van der Waals surface area (Å²) in [5.41, 5.74) is 1.98. The number of carboxylic acid groups (broad SMARTS) is 1. The maximum atomic E-state index is 11.8. The fourth-order valence-electron chi connectivity index (χ4n) is 1.75. The van der Waals surface area contributed by atoms with E-state index >= 15 is 0 Å². The van der Waals surface area contributed by atoms with E-state index in [0.717, 1.165) is 11.1 Å². The molecule has 1 aromatic rings. The molecule has 4 nitrogen and oxygen atoms in total. The lowest BCUT2D eigenvalue weighted by atomic mass is 10.1. The Bertz CT molecular complexity index is 448. The van der Waals surface area contributed by atoms with E-state index in [-0.39, 0.29) is 12.3 Å². The fraction of sp³-hybridized carbons (Fsp3) is 0.429. The maximum absolute atomic E-state index is 11.8.